The first-order valence-electron chi connectivity index (χ1n) is 6.68. The van der Waals surface area contributed by atoms with E-state index >= 15 is 0 Å². The average Bonchev–Trinajstić information content (AvgIpc) is 2.93. The largest absolute Gasteiger partial charge is 0.452 e. The third kappa shape index (κ3) is 4.17. The summed E-state index contributed by atoms with van der Waals surface area (Å²) in [7, 11) is 0. The predicted octanol–water partition coefficient (Wildman–Crippen LogP) is 2.39. The van der Waals surface area contributed by atoms with Gasteiger partial charge in [0.25, 0.3) is 5.91 Å². The third-order valence-corrected chi connectivity index (χ3v) is 4.02. The van der Waals surface area contributed by atoms with E-state index in [1.807, 2.05) is 0 Å². The topological polar surface area (TPSA) is 81.4 Å². The lowest BCUT2D eigenvalue weighted by atomic mass is 10.2. The number of nitrogens with two attached hydrogens (primary N) is 1. The van der Waals surface area contributed by atoms with E-state index in [9.17, 15) is 14.0 Å². The molecule has 1 fully saturated rings. The summed E-state index contributed by atoms with van der Waals surface area (Å²) in [5, 5.41) is 2.81. The molecule has 1 aliphatic carbocycles. The van der Waals surface area contributed by atoms with Gasteiger partial charge < -0.3 is 15.8 Å². The quantitative estimate of drug-likeness (QED) is 0.639. The summed E-state index contributed by atoms with van der Waals surface area (Å²) in [6, 6.07) is 2.44. The summed E-state index contributed by atoms with van der Waals surface area (Å²) in [5.41, 5.74) is 5.34. The molecule has 0 spiro atoms. The van der Waals surface area contributed by atoms with Gasteiger partial charge in [0.05, 0.1) is 11.3 Å². The van der Waals surface area contributed by atoms with Gasteiger partial charge in [-0.05, 0) is 40.9 Å². The van der Waals surface area contributed by atoms with E-state index in [0.717, 1.165) is 31.7 Å². The number of nitrogens with one attached hydrogen (secondary N) is 1. The highest BCUT2D eigenvalue weighted by molar-refractivity contribution is 9.10. The molecule has 1 aromatic rings. The van der Waals surface area contributed by atoms with Gasteiger partial charge in [-0.15, -0.1) is 0 Å². The summed E-state index contributed by atoms with van der Waals surface area (Å²) < 4.78 is 18.3. The molecular formula is C14H16BrFN2O3. The van der Waals surface area contributed by atoms with Crippen LogP contribution in [-0.2, 0) is 9.53 Å². The van der Waals surface area contributed by atoms with Gasteiger partial charge in [-0.2, -0.15) is 0 Å². The molecule has 0 saturated heterocycles. The van der Waals surface area contributed by atoms with Crippen molar-refractivity contribution in [2.24, 2.45) is 0 Å². The van der Waals surface area contributed by atoms with Crippen LogP contribution in [0.5, 0.6) is 0 Å². The Bertz CT molecular complexity index is 559. The Balaban J connectivity index is 1.89. The van der Waals surface area contributed by atoms with Crippen LogP contribution in [0.1, 0.15) is 36.0 Å². The second-order valence-electron chi connectivity index (χ2n) is 4.98. The highest BCUT2D eigenvalue weighted by atomic mass is 79.9. The molecule has 114 valence electrons. The summed E-state index contributed by atoms with van der Waals surface area (Å²) in [6.07, 6.45) is 4.12. The Kier molecular flexibility index (Phi) is 5.17. The Morgan fingerprint density at radius 1 is 1.38 bits per heavy atom. The number of hydrogen-bond donors (Lipinski definition) is 2. The molecule has 0 radical (unpaired) electrons. The summed E-state index contributed by atoms with van der Waals surface area (Å²) in [5.74, 6) is -1.69. The molecule has 0 aliphatic heterocycles. The number of carbonyl (C=O) groups excluding carboxylic acids is 2. The van der Waals surface area contributed by atoms with Crippen molar-refractivity contribution in [3.8, 4) is 0 Å². The standard InChI is InChI=1S/C14H16BrFN2O3/c15-10-6-11(16)12(17)5-9(10)14(20)21-7-13(19)18-8-3-1-2-4-8/h5-6,8H,1-4,7,17H2,(H,18,19). The molecule has 5 nitrogen and oxygen atoms in total. The van der Waals surface area contributed by atoms with Crippen molar-refractivity contribution in [2.75, 3.05) is 12.3 Å². The number of benzene rings is 1. The van der Waals surface area contributed by atoms with E-state index < -0.39 is 11.8 Å². The van der Waals surface area contributed by atoms with E-state index in [1.165, 1.54) is 6.07 Å². The van der Waals surface area contributed by atoms with E-state index in [1.54, 1.807) is 0 Å². The zero-order valence-electron chi connectivity index (χ0n) is 11.3. The molecule has 0 heterocycles. The smallest absolute Gasteiger partial charge is 0.339 e. The minimum Gasteiger partial charge on any atom is -0.452 e. The SMILES string of the molecule is Nc1cc(C(=O)OCC(=O)NC2CCCC2)c(Br)cc1F. The lowest BCUT2D eigenvalue weighted by Gasteiger charge is -2.12. The maximum atomic E-state index is 13.2. The molecular weight excluding hydrogens is 343 g/mol. The van der Waals surface area contributed by atoms with Crippen molar-refractivity contribution in [3.05, 3.63) is 28.0 Å². The highest BCUT2D eigenvalue weighted by Crippen LogP contribution is 2.23. The lowest BCUT2D eigenvalue weighted by molar-refractivity contribution is -0.124. The Morgan fingerprint density at radius 3 is 2.71 bits per heavy atom. The number of nitrogen functional groups attached to an aromatic ring is 1. The van der Waals surface area contributed by atoms with Crippen LogP contribution in [0.15, 0.2) is 16.6 Å². The zero-order chi connectivity index (χ0) is 15.4. The van der Waals surface area contributed by atoms with Gasteiger partial charge in [0, 0.05) is 10.5 Å². The first kappa shape index (κ1) is 15.8. The van der Waals surface area contributed by atoms with Gasteiger partial charge in [-0.3, -0.25) is 4.79 Å². The molecule has 0 bridgehead atoms. The number of carbonyl (C=O) groups is 2. The molecule has 1 amide bonds. The van der Waals surface area contributed by atoms with Gasteiger partial charge in [0.2, 0.25) is 0 Å². The van der Waals surface area contributed by atoms with Gasteiger partial charge in [0.15, 0.2) is 6.61 Å². The molecule has 3 N–H and O–H groups in total. The molecule has 1 aliphatic rings. The number of halogens is 2. The van der Waals surface area contributed by atoms with E-state index in [2.05, 4.69) is 21.2 Å². The average molecular weight is 359 g/mol. The molecule has 7 heteroatoms. The van der Waals surface area contributed by atoms with Crippen molar-refractivity contribution in [2.45, 2.75) is 31.7 Å². The van der Waals surface area contributed by atoms with Crippen LogP contribution in [0, 0.1) is 5.82 Å². The minimum absolute atomic E-state index is 0.0857. The van der Waals surface area contributed by atoms with Crippen molar-refractivity contribution >= 4 is 33.5 Å². The van der Waals surface area contributed by atoms with Gasteiger partial charge in [-0.25, -0.2) is 9.18 Å². The summed E-state index contributed by atoms with van der Waals surface area (Å²) in [4.78, 5) is 23.5. The first-order valence-corrected chi connectivity index (χ1v) is 7.47. The number of anilines is 1. The Labute approximate surface area is 130 Å². The maximum Gasteiger partial charge on any atom is 0.339 e. The Hall–Kier alpha value is -1.63. The minimum atomic E-state index is -0.727. The van der Waals surface area contributed by atoms with E-state index in [-0.39, 0.29) is 34.3 Å². The fraction of sp³-hybridized carbons (Fsp3) is 0.429. The van der Waals surface area contributed by atoms with Crippen LogP contribution in [0.2, 0.25) is 0 Å². The maximum absolute atomic E-state index is 13.2. The Morgan fingerprint density at radius 2 is 2.05 bits per heavy atom. The summed E-state index contributed by atoms with van der Waals surface area (Å²) >= 11 is 3.06. The van der Waals surface area contributed by atoms with Crippen LogP contribution in [0.3, 0.4) is 0 Å². The van der Waals surface area contributed by atoms with Crippen molar-refractivity contribution in [1.82, 2.24) is 5.32 Å². The fourth-order valence-electron chi connectivity index (χ4n) is 2.27. The molecule has 1 saturated carbocycles. The normalized spacial score (nSPS) is 15.0. The fourth-order valence-corrected chi connectivity index (χ4v) is 2.75. The highest BCUT2D eigenvalue weighted by Gasteiger charge is 2.19. The molecule has 0 aromatic heterocycles. The van der Waals surface area contributed by atoms with Crippen LogP contribution < -0.4 is 11.1 Å². The summed E-state index contributed by atoms with van der Waals surface area (Å²) in [6.45, 7) is -0.362. The van der Waals surface area contributed by atoms with Crippen LogP contribution in [-0.4, -0.2) is 24.5 Å². The van der Waals surface area contributed by atoms with E-state index in [4.69, 9.17) is 10.5 Å². The number of amides is 1. The first-order chi connectivity index (χ1) is 9.97. The number of rotatable bonds is 4. The van der Waals surface area contributed by atoms with Crippen LogP contribution >= 0.6 is 15.9 Å². The van der Waals surface area contributed by atoms with Gasteiger partial charge in [0.1, 0.15) is 5.82 Å². The number of esters is 1. The molecule has 0 atom stereocenters. The lowest BCUT2D eigenvalue weighted by Crippen LogP contribution is -2.35. The van der Waals surface area contributed by atoms with Crippen molar-refractivity contribution < 1.29 is 18.7 Å². The van der Waals surface area contributed by atoms with Crippen molar-refractivity contribution in [1.29, 1.82) is 0 Å². The molecule has 2 rings (SSSR count). The molecule has 0 unspecified atom stereocenters. The number of ether oxygens (including phenoxy) is 1. The van der Waals surface area contributed by atoms with Crippen LogP contribution in [0.25, 0.3) is 0 Å². The van der Waals surface area contributed by atoms with Crippen molar-refractivity contribution in [3.63, 3.8) is 0 Å². The zero-order valence-corrected chi connectivity index (χ0v) is 12.9. The monoisotopic (exact) mass is 358 g/mol. The van der Waals surface area contributed by atoms with Gasteiger partial charge >= 0.3 is 5.97 Å². The molecule has 1 aromatic carbocycles. The van der Waals surface area contributed by atoms with Gasteiger partial charge in [-0.1, -0.05) is 12.8 Å². The van der Waals surface area contributed by atoms with E-state index in [0.29, 0.717) is 0 Å². The third-order valence-electron chi connectivity index (χ3n) is 3.36. The van der Waals surface area contributed by atoms with Crippen LogP contribution in [0.4, 0.5) is 10.1 Å². The predicted molar refractivity (Wildman–Crippen MR) is 79.2 cm³/mol. The second kappa shape index (κ2) is 6.89. The molecule has 21 heavy (non-hydrogen) atoms. The number of hydrogen-bond acceptors (Lipinski definition) is 4. The second-order valence-corrected chi connectivity index (χ2v) is 5.83.